The fraction of sp³-hybridized carbons (Fsp3) is 0.923. The minimum atomic E-state index is -0.0582. The predicted octanol–water partition coefficient (Wildman–Crippen LogP) is 1.01. The lowest BCUT2D eigenvalue weighted by molar-refractivity contribution is -0.137. The van der Waals surface area contributed by atoms with Crippen molar-refractivity contribution in [3.63, 3.8) is 0 Å². The summed E-state index contributed by atoms with van der Waals surface area (Å²) >= 11 is 0. The number of amides is 1. The van der Waals surface area contributed by atoms with Crippen LogP contribution in [0.25, 0.3) is 0 Å². The summed E-state index contributed by atoms with van der Waals surface area (Å²) in [7, 11) is 0. The molecule has 0 aromatic rings. The van der Waals surface area contributed by atoms with Crippen molar-refractivity contribution in [1.82, 2.24) is 10.2 Å². The number of nitrogens with one attached hydrogen (secondary N) is 1. The maximum Gasteiger partial charge on any atom is 0.239 e. The molecule has 0 radical (unpaired) electrons. The average Bonchev–Trinajstić information content (AvgIpc) is 3.17. The summed E-state index contributed by atoms with van der Waals surface area (Å²) in [5.41, 5.74) is 0.500. The van der Waals surface area contributed by atoms with Crippen molar-refractivity contribution in [1.29, 1.82) is 0 Å². The van der Waals surface area contributed by atoms with Crippen LogP contribution in [0.2, 0.25) is 0 Å². The van der Waals surface area contributed by atoms with Crippen LogP contribution < -0.4 is 5.32 Å². The minimum Gasteiger partial charge on any atom is -0.378 e. The van der Waals surface area contributed by atoms with Gasteiger partial charge in [0.05, 0.1) is 19.3 Å². The van der Waals surface area contributed by atoms with Crippen molar-refractivity contribution in [3.8, 4) is 0 Å². The van der Waals surface area contributed by atoms with E-state index in [1.165, 1.54) is 19.3 Å². The van der Waals surface area contributed by atoms with Gasteiger partial charge in [0, 0.05) is 19.6 Å². The molecular weight excluding hydrogens is 216 g/mol. The number of ether oxygens (including phenoxy) is 1. The van der Waals surface area contributed by atoms with E-state index >= 15 is 0 Å². The molecule has 1 saturated heterocycles. The van der Waals surface area contributed by atoms with E-state index in [9.17, 15) is 4.79 Å². The van der Waals surface area contributed by atoms with Crippen LogP contribution in [0.4, 0.5) is 0 Å². The topological polar surface area (TPSA) is 41.6 Å². The summed E-state index contributed by atoms with van der Waals surface area (Å²) in [5.74, 6) is 0.222. The van der Waals surface area contributed by atoms with Gasteiger partial charge in [0.2, 0.25) is 5.91 Å². The zero-order valence-electron chi connectivity index (χ0n) is 11.0. The van der Waals surface area contributed by atoms with Crippen molar-refractivity contribution >= 4 is 5.91 Å². The Balaban J connectivity index is 1.74. The molecule has 2 aliphatic rings. The Morgan fingerprint density at radius 2 is 2.06 bits per heavy atom. The number of hydrogen-bond donors (Lipinski definition) is 1. The first-order chi connectivity index (χ1) is 8.17. The summed E-state index contributed by atoms with van der Waals surface area (Å²) in [5, 5.41) is 3.40. The van der Waals surface area contributed by atoms with Gasteiger partial charge in [0.25, 0.3) is 0 Å². The average molecular weight is 240 g/mol. The number of carbonyl (C=O) groups is 1. The molecule has 2 rings (SSSR count). The molecule has 0 bridgehead atoms. The molecule has 1 amide bonds. The minimum absolute atomic E-state index is 0.0582. The molecule has 1 aliphatic heterocycles. The molecule has 1 N–H and O–H groups in total. The van der Waals surface area contributed by atoms with Gasteiger partial charge in [-0.1, -0.05) is 6.92 Å². The van der Waals surface area contributed by atoms with Crippen LogP contribution in [0, 0.1) is 5.41 Å². The Morgan fingerprint density at radius 1 is 1.41 bits per heavy atom. The fourth-order valence-corrected chi connectivity index (χ4v) is 2.35. The van der Waals surface area contributed by atoms with E-state index in [4.69, 9.17) is 4.74 Å². The fourth-order valence-electron chi connectivity index (χ4n) is 2.35. The van der Waals surface area contributed by atoms with Gasteiger partial charge in [-0.05, 0) is 31.6 Å². The maximum absolute atomic E-state index is 12.1. The molecule has 0 aromatic carbocycles. The molecule has 1 aliphatic carbocycles. The smallest absolute Gasteiger partial charge is 0.239 e. The van der Waals surface area contributed by atoms with Gasteiger partial charge in [-0.15, -0.1) is 0 Å². The Bertz CT molecular complexity index is 271. The highest BCUT2D eigenvalue weighted by atomic mass is 16.5. The van der Waals surface area contributed by atoms with E-state index < -0.39 is 0 Å². The summed E-state index contributed by atoms with van der Waals surface area (Å²) in [6, 6.07) is -0.0582. The Labute approximate surface area is 104 Å². The normalized spacial score (nSPS) is 24.5. The van der Waals surface area contributed by atoms with Crippen LogP contribution in [0.1, 0.15) is 33.1 Å². The third-order valence-corrected chi connectivity index (χ3v) is 4.18. The number of rotatable bonds is 5. The molecule has 1 atom stereocenters. The van der Waals surface area contributed by atoms with Gasteiger partial charge in [0.1, 0.15) is 0 Å². The highest BCUT2D eigenvalue weighted by Gasteiger charge is 2.40. The lowest BCUT2D eigenvalue weighted by Gasteiger charge is -2.30. The largest absolute Gasteiger partial charge is 0.378 e. The van der Waals surface area contributed by atoms with Crippen molar-refractivity contribution < 1.29 is 9.53 Å². The van der Waals surface area contributed by atoms with Crippen molar-refractivity contribution in [2.75, 3.05) is 32.8 Å². The molecule has 1 heterocycles. The second-order valence-corrected chi connectivity index (χ2v) is 5.39. The van der Waals surface area contributed by atoms with Gasteiger partial charge in [-0.25, -0.2) is 0 Å². The van der Waals surface area contributed by atoms with Gasteiger partial charge in [-0.2, -0.15) is 0 Å². The van der Waals surface area contributed by atoms with Crippen LogP contribution >= 0.6 is 0 Å². The highest BCUT2D eigenvalue weighted by Crippen LogP contribution is 2.47. The standard InChI is InChI=1S/C13H24N2O2/c1-3-13(4-5-13)10-14-11(2)12(16)15-6-8-17-9-7-15/h11,14H,3-10H2,1-2H3. The molecule has 1 saturated carbocycles. The molecule has 2 fully saturated rings. The molecule has 17 heavy (non-hydrogen) atoms. The zero-order chi connectivity index (χ0) is 12.3. The maximum atomic E-state index is 12.1. The molecular formula is C13H24N2O2. The van der Waals surface area contributed by atoms with Crippen molar-refractivity contribution in [3.05, 3.63) is 0 Å². The van der Waals surface area contributed by atoms with Crippen LogP contribution in [0.15, 0.2) is 0 Å². The monoisotopic (exact) mass is 240 g/mol. The second-order valence-electron chi connectivity index (χ2n) is 5.39. The highest BCUT2D eigenvalue weighted by molar-refractivity contribution is 5.81. The number of hydrogen-bond acceptors (Lipinski definition) is 3. The van der Waals surface area contributed by atoms with Crippen molar-refractivity contribution in [2.45, 2.75) is 39.2 Å². The number of carbonyl (C=O) groups excluding carboxylic acids is 1. The first-order valence-corrected chi connectivity index (χ1v) is 6.77. The van der Waals surface area contributed by atoms with Crippen LogP contribution in [0.5, 0.6) is 0 Å². The second kappa shape index (κ2) is 5.36. The van der Waals surface area contributed by atoms with Crippen LogP contribution in [-0.2, 0) is 9.53 Å². The van der Waals surface area contributed by atoms with E-state index in [1.54, 1.807) is 0 Å². The Morgan fingerprint density at radius 3 is 2.59 bits per heavy atom. The number of morpholine rings is 1. The molecule has 4 heteroatoms. The Kier molecular flexibility index (Phi) is 4.05. The van der Waals surface area contributed by atoms with E-state index in [0.717, 1.165) is 19.6 Å². The van der Waals surface area contributed by atoms with Crippen molar-refractivity contribution in [2.24, 2.45) is 5.41 Å². The predicted molar refractivity (Wildman–Crippen MR) is 66.8 cm³/mol. The SMILES string of the molecule is CCC1(CNC(C)C(=O)N2CCOCC2)CC1. The van der Waals surface area contributed by atoms with E-state index in [-0.39, 0.29) is 11.9 Å². The van der Waals surface area contributed by atoms with Gasteiger partial charge in [0.15, 0.2) is 0 Å². The summed E-state index contributed by atoms with van der Waals surface area (Å²) in [6.45, 7) is 8.04. The number of nitrogens with zero attached hydrogens (tertiary/aromatic N) is 1. The van der Waals surface area contributed by atoms with Crippen LogP contribution in [-0.4, -0.2) is 49.7 Å². The van der Waals surface area contributed by atoms with Gasteiger partial charge in [-0.3, -0.25) is 4.79 Å². The molecule has 4 nitrogen and oxygen atoms in total. The van der Waals surface area contributed by atoms with E-state index in [1.807, 2.05) is 11.8 Å². The Hall–Kier alpha value is -0.610. The molecule has 98 valence electrons. The lowest BCUT2D eigenvalue weighted by atomic mass is 10.0. The molecule has 0 spiro atoms. The molecule has 1 unspecified atom stereocenters. The third kappa shape index (κ3) is 3.19. The summed E-state index contributed by atoms with van der Waals surface area (Å²) in [4.78, 5) is 14.0. The van der Waals surface area contributed by atoms with E-state index in [2.05, 4.69) is 12.2 Å². The zero-order valence-corrected chi connectivity index (χ0v) is 11.0. The quantitative estimate of drug-likeness (QED) is 0.780. The summed E-state index contributed by atoms with van der Waals surface area (Å²) in [6.07, 6.45) is 3.85. The summed E-state index contributed by atoms with van der Waals surface area (Å²) < 4.78 is 5.26. The van der Waals surface area contributed by atoms with Gasteiger partial charge < -0.3 is 15.0 Å². The molecule has 0 aromatic heterocycles. The first-order valence-electron chi connectivity index (χ1n) is 6.77. The van der Waals surface area contributed by atoms with Gasteiger partial charge >= 0.3 is 0 Å². The lowest BCUT2D eigenvalue weighted by Crippen LogP contribution is -2.50. The van der Waals surface area contributed by atoms with E-state index in [0.29, 0.717) is 18.6 Å². The third-order valence-electron chi connectivity index (χ3n) is 4.18. The van der Waals surface area contributed by atoms with Crippen LogP contribution in [0.3, 0.4) is 0 Å². The first kappa shape index (κ1) is 12.8.